The number of aliphatic hydroxyl groups excluding tert-OH is 3. The molecule has 0 bridgehead atoms. The molecule has 1 rings (SSSR count). The van der Waals surface area contributed by atoms with Gasteiger partial charge in [-0.2, -0.15) is 0 Å². The van der Waals surface area contributed by atoms with Crippen molar-refractivity contribution < 1.29 is 44.2 Å². The zero-order valence-electron chi connectivity index (χ0n) is 22.7. The van der Waals surface area contributed by atoms with Gasteiger partial charge in [0.15, 0.2) is 12.4 Å². The molecule has 216 valence electrons. The van der Waals surface area contributed by atoms with Gasteiger partial charge in [0, 0.05) is 14.0 Å². The third-order valence-corrected chi connectivity index (χ3v) is 6.61. The molecule has 1 amide bonds. The number of carbonyl (C=O) groups is 2. The number of allylic oxidation sites excluding steroid dienone is 1. The van der Waals surface area contributed by atoms with Crippen LogP contribution in [-0.4, -0.2) is 88.9 Å². The average molecular weight is 532 g/mol. The first-order chi connectivity index (χ1) is 17.7. The minimum absolute atomic E-state index is 0.183. The van der Waals surface area contributed by atoms with Gasteiger partial charge in [0.2, 0.25) is 5.91 Å². The van der Waals surface area contributed by atoms with Crippen LogP contribution in [0.5, 0.6) is 0 Å². The fourth-order valence-electron chi connectivity index (χ4n) is 4.40. The van der Waals surface area contributed by atoms with Gasteiger partial charge in [-0.1, -0.05) is 83.3 Å². The van der Waals surface area contributed by atoms with Gasteiger partial charge >= 0.3 is 5.97 Å². The van der Waals surface area contributed by atoms with E-state index < -0.39 is 48.8 Å². The highest BCUT2D eigenvalue weighted by Gasteiger charge is 2.47. The van der Waals surface area contributed by atoms with Gasteiger partial charge in [-0.15, -0.1) is 0 Å². The Balaban J connectivity index is 2.45. The molecular weight excluding hydrogens is 482 g/mol. The van der Waals surface area contributed by atoms with Crippen LogP contribution in [0.25, 0.3) is 0 Å². The fraction of sp³-hybridized carbons (Fsp3) is 0.852. The van der Waals surface area contributed by atoms with Gasteiger partial charge in [-0.25, -0.2) is 4.79 Å². The molecule has 5 N–H and O–H groups in total. The van der Waals surface area contributed by atoms with E-state index in [9.17, 15) is 30.0 Å². The highest BCUT2D eigenvalue weighted by atomic mass is 16.7. The van der Waals surface area contributed by atoms with Crippen molar-refractivity contribution >= 4 is 11.9 Å². The first kappa shape index (κ1) is 33.5. The molecule has 0 radical (unpaired) electrons. The third-order valence-electron chi connectivity index (χ3n) is 6.61. The second kappa shape index (κ2) is 19.5. The summed E-state index contributed by atoms with van der Waals surface area (Å²) in [5, 5.41) is 41.8. The van der Waals surface area contributed by atoms with Gasteiger partial charge in [0.25, 0.3) is 0 Å². The molecule has 0 aromatic carbocycles. The predicted molar refractivity (Wildman–Crippen MR) is 139 cm³/mol. The lowest BCUT2D eigenvalue weighted by Crippen LogP contribution is -2.61. The van der Waals surface area contributed by atoms with Crippen molar-refractivity contribution in [3.05, 3.63) is 12.2 Å². The minimum Gasteiger partial charge on any atom is -0.479 e. The standard InChI is InChI=1S/C27H49NO9/c1-4-5-6-7-8-9-10-11-12-13-14-15-16-17-21(35-3)20(28-19(2)29)18-36-27-24(32)22(30)23(31)25(37-27)26(33)34/h16-17,20-25,27,30-32H,4-15,18H2,1-3H3,(H,28,29)(H,33,34)/b17-16+/t20-,21-,22?,23?,24?,25?,27?/m0/s1. The summed E-state index contributed by atoms with van der Waals surface area (Å²) in [7, 11) is 1.50. The number of unbranched alkanes of at least 4 members (excludes halogenated alkanes) is 11. The van der Waals surface area contributed by atoms with E-state index in [0.29, 0.717) is 0 Å². The molecule has 1 aliphatic heterocycles. The molecule has 1 heterocycles. The summed E-state index contributed by atoms with van der Waals surface area (Å²) in [6.45, 7) is 3.40. The normalized spacial score (nSPS) is 25.7. The number of methoxy groups -OCH3 is 1. The second-order valence-electron chi connectivity index (χ2n) is 9.83. The maximum Gasteiger partial charge on any atom is 0.335 e. The van der Waals surface area contributed by atoms with E-state index in [2.05, 4.69) is 12.2 Å². The first-order valence-corrected chi connectivity index (χ1v) is 13.7. The summed E-state index contributed by atoms with van der Waals surface area (Å²) in [5.74, 6) is -1.82. The monoisotopic (exact) mass is 531 g/mol. The number of amides is 1. The molecule has 5 unspecified atom stereocenters. The van der Waals surface area contributed by atoms with Crippen molar-refractivity contribution in [1.29, 1.82) is 0 Å². The molecule has 7 atom stereocenters. The maximum absolute atomic E-state index is 11.7. The molecule has 1 saturated heterocycles. The van der Waals surface area contributed by atoms with Gasteiger partial charge in [-0.05, 0) is 12.8 Å². The Morgan fingerprint density at radius 3 is 2.00 bits per heavy atom. The van der Waals surface area contributed by atoms with Gasteiger partial charge < -0.3 is 40.0 Å². The number of carboxylic acids is 1. The van der Waals surface area contributed by atoms with E-state index in [1.807, 2.05) is 12.2 Å². The van der Waals surface area contributed by atoms with Crippen LogP contribution in [-0.2, 0) is 23.8 Å². The lowest BCUT2D eigenvalue weighted by atomic mass is 9.99. The lowest BCUT2D eigenvalue weighted by molar-refractivity contribution is -0.295. The molecule has 10 heteroatoms. The van der Waals surface area contributed by atoms with Crippen molar-refractivity contribution in [3.63, 3.8) is 0 Å². The molecular formula is C27H49NO9. The summed E-state index contributed by atoms with van der Waals surface area (Å²) >= 11 is 0. The highest BCUT2D eigenvalue weighted by molar-refractivity contribution is 5.73. The van der Waals surface area contributed by atoms with Crippen LogP contribution in [0.3, 0.4) is 0 Å². The highest BCUT2D eigenvalue weighted by Crippen LogP contribution is 2.23. The van der Waals surface area contributed by atoms with Crippen LogP contribution in [0, 0.1) is 0 Å². The number of hydrogen-bond acceptors (Lipinski definition) is 8. The SMILES string of the molecule is CCCCCCCCCCCCC/C=C/[C@H](OC)[C@H](COC1OC(C(=O)O)C(O)C(O)C1O)NC(C)=O. The largest absolute Gasteiger partial charge is 0.479 e. The number of hydrogen-bond donors (Lipinski definition) is 5. The minimum atomic E-state index is -1.80. The Morgan fingerprint density at radius 2 is 1.49 bits per heavy atom. The summed E-state index contributed by atoms with van der Waals surface area (Å²) < 4.78 is 16.2. The Labute approximate surface area is 221 Å². The Hall–Kier alpha value is -1.56. The number of nitrogens with one attached hydrogen (secondary N) is 1. The maximum atomic E-state index is 11.7. The number of ether oxygens (including phenoxy) is 3. The van der Waals surface area contributed by atoms with Crippen LogP contribution in [0.15, 0.2) is 12.2 Å². The number of aliphatic hydroxyl groups is 3. The van der Waals surface area contributed by atoms with Crippen LogP contribution < -0.4 is 5.32 Å². The molecule has 1 fully saturated rings. The quantitative estimate of drug-likeness (QED) is 0.118. The Kier molecular flexibility index (Phi) is 17.6. The summed E-state index contributed by atoms with van der Waals surface area (Å²) in [6, 6.07) is -0.654. The zero-order chi connectivity index (χ0) is 27.6. The predicted octanol–water partition coefficient (Wildman–Crippen LogP) is 2.67. The molecule has 1 aliphatic rings. The van der Waals surface area contributed by atoms with Crippen LogP contribution in [0.4, 0.5) is 0 Å². The van der Waals surface area contributed by atoms with Crippen molar-refractivity contribution in [2.75, 3.05) is 13.7 Å². The molecule has 0 aliphatic carbocycles. The van der Waals surface area contributed by atoms with Gasteiger partial charge in [0.05, 0.1) is 18.8 Å². The summed E-state index contributed by atoms with van der Waals surface area (Å²) in [4.78, 5) is 23.0. The average Bonchev–Trinajstić information content (AvgIpc) is 2.86. The van der Waals surface area contributed by atoms with E-state index in [1.165, 1.54) is 71.8 Å². The Morgan fingerprint density at radius 1 is 0.919 bits per heavy atom. The summed E-state index contributed by atoms with van der Waals surface area (Å²) in [6.07, 6.45) is 9.70. The van der Waals surface area contributed by atoms with E-state index in [0.717, 1.165) is 19.3 Å². The smallest absolute Gasteiger partial charge is 0.335 e. The van der Waals surface area contributed by atoms with Crippen LogP contribution in [0.1, 0.15) is 90.9 Å². The van der Waals surface area contributed by atoms with Gasteiger partial charge in [-0.3, -0.25) is 4.79 Å². The van der Waals surface area contributed by atoms with E-state index in [1.54, 1.807) is 0 Å². The van der Waals surface area contributed by atoms with Crippen LogP contribution >= 0.6 is 0 Å². The summed E-state index contributed by atoms with van der Waals surface area (Å²) in [5.41, 5.74) is 0. The number of carbonyl (C=O) groups excluding carboxylic acids is 1. The van der Waals surface area contributed by atoms with Crippen molar-refractivity contribution in [1.82, 2.24) is 5.32 Å². The van der Waals surface area contributed by atoms with Crippen molar-refractivity contribution in [3.8, 4) is 0 Å². The van der Waals surface area contributed by atoms with E-state index >= 15 is 0 Å². The van der Waals surface area contributed by atoms with E-state index in [4.69, 9.17) is 14.2 Å². The zero-order valence-corrected chi connectivity index (χ0v) is 22.7. The molecule has 0 aromatic heterocycles. The molecule has 0 saturated carbocycles. The van der Waals surface area contributed by atoms with Crippen molar-refractivity contribution in [2.45, 2.75) is 134 Å². The third kappa shape index (κ3) is 13.2. The van der Waals surface area contributed by atoms with Crippen molar-refractivity contribution in [2.24, 2.45) is 0 Å². The molecule has 10 nitrogen and oxygen atoms in total. The molecule has 0 spiro atoms. The second-order valence-corrected chi connectivity index (χ2v) is 9.83. The topological polar surface area (TPSA) is 155 Å². The van der Waals surface area contributed by atoms with E-state index in [-0.39, 0.29) is 12.5 Å². The Bertz CT molecular complexity index is 660. The van der Waals surface area contributed by atoms with Crippen LogP contribution in [0.2, 0.25) is 0 Å². The first-order valence-electron chi connectivity index (χ1n) is 13.7. The number of rotatable bonds is 20. The van der Waals surface area contributed by atoms with Gasteiger partial charge in [0.1, 0.15) is 18.3 Å². The lowest BCUT2D eigenvalue weighted by Gasteiger charge is -2.39. The molecule has 0 aromatic rings. The number of carboxylic acid groups (broad SMARTS) is 1. The molecule has 37 heavy (non-hydrogen) atoms. The fourth-order valence-corrected chi connectivity index (χ4v) is 4.40. The number of aliphatic carboxylic acids is 1.